The van der Waals surface area contributed by atoms with Gasteiger partial charge in [-0.2, -0.15) is 9.61 Å². The fourth-order valence-electron chi connectivity index (χ4n) is 2.43. The molecule has 7 heteroatoms. The first-order valence-electron chi connectivity index (χ1n) is 7.33. The molecule has 0 fully saturated rings. The Morgan fingerprint density at radius 3 is 2.62 bits per heavy atom. The highest BCUT2D eigenvalue weighted by atomic mass is 35.5. The van der Waals surface area contributed by atoms with Gasteiger partial charge in [-0.1, -0.05) is 41.1 Å². The lowest BCUT2D eigenvalue weighted by Gasteiger charge is -2.01. The summed E-state index contributed by atoms with van der Waals surface area (Å²) in [5.41, 5.74) is 2.03. The summed E-state index contributed by atoms with van der Waals surface area (Å²) in [4.78, 5) is 0.767. The molecule has 4 aromatic rings. The zero-order valence-corrected chi connectivity index (χ0v) is 14.4. The Morgan fingerprint density at radius 2 is 1.88 bits per heavy atom. The smallest absolute Gasteiger partial charge is 0.234 e. The van der Waals surface area contributed by atoms with E-state index in [1.165, 1.54) is 11.3 Å². The normalized spacial score (nSPS) is 11.1. The van der Waals surface area contributed by atoms with Gasteiger partial charge in [-0.15, -0.1) is 10.2 Å². The van der Waals surface area contributed by atoms with Crippen molar-refractivity contribution in [3.05, 3.63) is 64.9 Å². The maximum Gasteiger partial charge on any atom is 0.234 e. The van der Waals surface area contributed by atoms with Crippen LogP contribution >= 0.6 is 22.9 Å². The molecule has 0 N–H and O–H groups in total. The van der Waals surface area contributed by atoms with Gasteiger partial charge in [-0.05, 0) is 35.9 Å². The van der Waals surface area contributed by atoms with Crippen LogP contribution in [0.5, 0.6) is 5.75 Å². The van der Waals surface area contributed by atoms with Crippen molar-refractivity contribution < 1.29 is 4.74 Å². The number of halogens is 1. The molecule has 0 radical (unpaired) electrons. The van der Waals surface area contributed by atoms with Crippen LogP contribution in [-0.2, 0) is 6.42 Å². The molecule has 2 heterocycles. The molecule has 0 spiro atoms. The van der Waals surface area contributed by atoms with E-state index >= 15 is 0 Å². The van der Waals surface area contributed by atoms with Crippen molar-refractivity contribution in [2.45, 2.75) is 6.42 Å². The molecule has 0 bridgehead atoms. The fourth-order valence-corrected chi connectivity index (χ4v) is 3.50. The summed E-state index contributed by atoms with van der Waals surface area (Å²) < 4.78 is 6.97. The Morgan fingerprint density at radius 1 is 1.08 bits per heavy atom. The molecule has 0 amide bonds. The van der Waals surface area contributed by atoms with E-state index in [0.29, 0.717) is 6.42 Å². The Kier molecular flexibility index (Phi) is 3.92. The molecule has 0 saturated heterocycles. The van der Waals surface area contributed by atoms with Gasteiger partial charge in [0.05, 0.1) is 7.11 Å². The first kappa shape index (κ1) is 15.1. The quantitative estimate of drug-likeness (QED) is 0.552. The molecular weight excluding hydrogens is 344 g/mol. The summed E-state index contributed by atoms with van der Waals surface area (Å²) in [6, 6.07) is 15.5. The number of aromatic nitrogens is 4. The molecule has 4 rings (SSSR count). The van der Waals surface area contributed by atoms with Crippen LogP contribution in [0.25, 0.3) is 15.5 Å². The lowest BCUT2D eigenvalue weighted by Crippen LogP contribution is -1.98. The summed E-state index contributed by atoms with van der Waals surface area (Å²) in [5.74, 6) is 1.59. The molecule has 0 aliphatic heterocycles. The molecule has 24 heavy (non-hydrogen) atoms. The third kappa shape index (κ3) is 2.74. The number of hydrogen-bond acceptors (Lipinski definition) is 5. The van der Waals surface area contributed by atoms with E-state index in [-0.39, 0.29) is 0 Å². The summed E-state index contributed by atoms with van der Waals surface area (Å²) in [6.07, 6.45) is 0.590. The largest absolute Gasteiger partial charge is 0.497 e. The Hall–Kier alpha value is -2.44. The maximum atomic E-state index is 6.23. The van der Waals surface area contributed by atoms with Crippen molar-refractivity contribution >= 4 is 27.9 Å². The van der Waals surface area contributed by atoms with Crippen LogP contribution in [0.2, 0.25) is 5.02 Å². The van der Waals surface area contributed by atoms with Gasteiger partial charge in [-0.25, -0.2) is 0 Å². The second-order valence-electron chi connectivity index (χ2n) is 5.21. The Balaban J connectivity index is 1.69. The zero-order chi connectivity index (χ0) is 16.5. The Bertz CT molecular complexity index is 993. The van der Waals surface area contributed by atoms with E-state index in [9.17, 15) is 0 Å². The summed E-state index contributed by atoms with van der Waals surface area (Å²) in [7, 11) is 1.65. The Labute approximate surface area is 147 Å². The number of ether oxygens (including phenoxy) is 1. The van der Waals surface area contributed by atoms with Gasteiger partial charge in [0, 0.05) is 17.0 Å². The van der Waals surface area contributed by atoms with Crippen LogP contribution < -0.4 is 4.74 Å². The van der Waals surface area contributed by atoms with Crippen molar-refractivity contribution in [3.8, 4) is 16.3 Å². The molecule has 5 nitrogen and oxygen atoms in total. The van der Waals surface area contributed by atoms with Gasteiger partial charge in [0.15, 0.2) is 5.82 Å². The zero-order valence-electron chi connectivity index (χ0n) is 12.8. The van der Waals surface area contributed by atoms with E-state index in [4.69, 9.17) is 16.3 Å². The SMILES string of the molecule is COc1ccc(-c2nn3c(Cc4ccccc4Cl)nnc3s2)cc1. The van der Waals surface area contributed by atoms with Crippen molar-refractivity contribution in [1.29, 1.82) is 0 Å². The molecule has 0 unspecified atom stereocenters. The topological polar surface area (TPSA) is 52.3 Å². The second kappa shape index (κ2) is 6.22. The molecular formula is C17H13ClN4OS. The first-order valence-corrected chi connectivity index (χ1v) is 8.53. The lowest BCUT2D eigenvalue weighted by molar-refractivity contribution is 0.415. The number of hydrogen-bond donors (Lipinski definition) is 0. The minimum Gasteiger partial charge on any atom is -0.497 e. The standard InChI is InChI=1S/C17H13ClN4OS/c1-23-13-8-6-11(7-9-13)16-21-22-15(19-20-17(22)24-16)10-12-4-2-3-5-14(12)18/h2-9H,10H2,1H3. The molecule has 0 aliphatic carbocycles. The predicted octanol–water partition coefficient (Wildman–Crippen LogP) is 4.11. The van der Waals surface area contributed by atoms with E-state index in [2.05, 4.69) is 15.3 Å². The lowest BCUT2D eigenvalue weighted by atomic mass is 10.1. The van der Waals surface area contributed by atoms with Gasteiger partial charge in [0.2, 0.25) is 4.96 Å². The van der Waals surface area contributed by atoms with Gasteiger partial charge in [0.25, 0.3) is 0 Å². The van der Waals surface area contributed by atoms with Crippen LogP contribution in [0, 0.1) is 0 Å². The van der Waals surface area contributed by atoms with Crippen molar-refractivity contribution in [2.24, 2.45) is 0 Å². The minimum absolute atomic E-state index is 0.590. The minimum atomic E-state index is 0.590. The average Bonchev–Trinajstić information content (AvgIpc) is 3.19. The number of benzene rings is 2. The average molecular weight is 357 g/mol. The summed E-state index contributed by atoms with van der Waals surface area (Å²) in [5, 5.41) is 14.7. The molecule has 0 saturated carbocycles. The van der Waals surface area contributed by atoms with E-state index in [1.54, 1.807) is 11.6 Å². The summed E-state index contributed by atoms with van der Waals surface area (Å²) >= 11 is 7.74. The van der Waals surface area contributed by atoms with Crippen LogP contribution in [-0.4, -0.2) is 26.9 Å². The molecule has 120 valence electrons. The van der Waals surface area contributed by atoms with Crippen LogP contribution in [0.4, 0.5) is 0 Å². The number of rotatable bonds is 4. The predicted molar refractivity (Wildman–Crippen MR) is 94.9 cm³/mol. The fraction of sp³-hybridized carbons (Fsp3) is 0.118. The van der Waals surface area contributed by atoms with Gasteiger partial charge < -0.3 is 4.74 Å². The number of nitrogens with zero attached hydrogens (tertiary/aromatic N) is 4. The third-order valence-corrected chi connectivity index (χ3v) is 5.02. The highest BCUT2D eigenvalue weighted by Gasteiger charge is 2.14. The monoisotopic (exact) mass is 356 g/mol. The molecule has 0 atom stereocenters. The van der Waals surface area contributed by atoms with Crippen LogP contribution in [0.3, 0.4) is 0 Å². The highest BCUT2D eigenvalue weighted by molar-refractivity contribution is 7.19. The molecule has 2 aromatic heterocycles. The third-order valence-electron chi connectivity index (χ3n) is 3.70. The first-order chi connectivity index (χ1) is 11.7. The van der Waals surface area contributed by atoms with E-state index < -0.39 is 0 Å². The van der Waals surface area contributed by atoms with E-state index in [1.807, 2.05) is 48.5 Å². The van der Waals surface area contributed by atoms with Crippen molar-refractivity contribution in [2.75, 3.05) is 7.11 Å². The second-order valence-corrected chi connectivity index (χ2v) is 6.58. The number of methoxy groups -OCH3 is 1. The van der Waals surface area contributed by atoms with E-state index in [0.717, 1.165) is 37.7 Å². The maximum absolute atomic E-state index is 6.23. The number of fused-ring (bicyclic) bond motifs is 1. The summed E-state index contributed by atoms with van der Waals surface area (Å²) in [6.45, 7) is 0. The van der Waals surface area contributed by atoms with Gasteiger partial charge in [-0.3, -0.25) is 0 Å². The van der Waals surface area contributed by atoms with Gasteiger partial charge in [0.1, 0.15) is 10.8 Å². The van der Waals surface area contributed by atoms with Crippen molar-refractivity contribution in [3.63, 3.8) is 0 Å². The molecule has 2 aromatic carbocycles. The van der Waals surface area contributed by atoms with Crippen LogP contribution in [0.1, 0.15) is 11.4 Å². The highest BCUT2D eigenvalue weighted by Crippen LogP contribution is 2.28. The van der Waals surface area contributed by atoms with Gasteiger partial charge >= 0.3 is 0 Å². The van der Waals surface area contributed by atoms with Crippen molar-refractivity contribution in [1.82, 2.24) is 19.8 Å². The van der Waals surface area contributed by atoms with Crippen LogP contribution in [0.15, 0.2) is 48.5 Å². The molecule has 0 aliphatic rings.